The van der Waals surface area contributed by atoms with Gasteiger partial charge >= 0.3 is 5.97 Å². The highest BCUT2D eigenvalue weighted by atomic mass is 16.5. The van der Waals surface area contributed by atoms with Gasteiger partial charge < -0.3 is 14.4 Å². The molecule has 0 N–H and O–H groups in total. The van der Waals surface area contributed by atoms with E-state index in [2.05, 4.69) is 4.90 Å². The van der Waals surface area contributed by atoms with Crippen LogP contribution < -0.4 is 9.64 Å². The van der Waals surface area contributed by atoms with E-state index in [-0.39, 0.29) is 18.1 Å². The lowest BCUT2D eigenvalue weighted by molar-refractivity contribution is -0.142. The third-order valence-electron chi connectivity index (χ3n) is 3.85. The molecule has 2 aromatic rings. The second kappa shape index (κ2) is 6.10. The van der Waals surface area contributed by atoms with E-state index in [1.54, 1.807) is 7.11 Å². The molecule has 0 saturated carbocycles. The van der Waals surface area contributed by atoms with E-state index in [0.717, 1.165) is 17.0 Å². The molecule has 2 atom stereocenters. The van der Waals surface area contributed by atoms with E-state index < -0.39 is 0 Å². The van der Waals surface area contributed by atoms with Crippen LogP contribution in [-0.4, -0.2) is 25.7 Å². The molecule has 2 aromatic carbocycles. The molecule has 3 rings (SSSR count). The first-order valence-corrected chi connectivity index (χ1v) is 7.40. The van der Waals surface area contributed by atoms with Gasteiger partial charge in [0.2, 0.25) is 0 Å². The molecule has 4 heteroatoms. The summed E-state index contributed by atoms with van der Waals surface area (Å²) in [5.41, 5.74) is 2.11. The molecule has 0 radical (unpaired) electrons. The Morgan fingerprint density at radius 2 is 1.77 bits per heavy atom. The first kappa shape index (κ1) is 14.4. The van der Waals surface area contributed by atoms with Crippen molar-refractivity contribution in [2.45, 2.75) is 19.0 Å². The van der Waals surface area contributed by atoms with E-state index in [1.807, 2.05) is 61.5 Å². The number of methoxy groups -OCH3 is 1. The van der Waals surface area contributed by atoms with Crippen LogP contribution in [0.1, 0.15) is 18.5 Å². The number of ether oxygens (including phenoxy) is 2. The maximum Gasteiger partial charge on any atom is 0.331 e. The number of anilines is 1. The van der Waals surface area contributed by atoms with E-state index in [1.165, 1.54) is 0 Å². The summed E-state index contributed by atoms with van der Waals surface area (Å²) in [5.74, 6) is 0.627. The minimum Gasteiger partial charge on any atom is -0.497 e. The second-order valence-electron chi connectivity index (χ2n) is 5.16. The largest absolute Gasteiger partial charge is 0.497 e. The van der Waals surface area contributed by atoms with Crippen molar-refractivity contribution in [1.29, 1.82) is 0 Å². The maximum absolute atomic E-state index is 12.2. The summed E-state index contributed by atoms with van der Waals surface area (Å²) in [6.07, 6.45) is 0. The number of rotatable bonds is 5. The van der Waals surface area contributed by atoms with Gasteiger partial charge in [-0.25, -0.2) is 4.79 Å². The molecule has 0 amide bonds. The zero-order valence-corrected chi connectivity index (χ0v) is 12.7. The topological polar surface area (TPSA) is 38.5 Å². The molecule has 0 aromatic heterocycles. The molecule has 1 aliphatic rings. The number of nitrogens with zero attached hydrogens (tertiary/aromatic N) is 1. The molecule has 0 aliphatic carbocycles. The summed E-state index contributed by atoms with van der Waals surface area (Å²) in [4.78, 5) is 14.3. The quantitative estimate of drug-likeness (QED) is 0.627. The molecule has 1 saturated heterocycles. The normalized spacial score (nSPS) is 19.6. The Bertz CT molecular complexity index is 639. The third kappa shape index (κ3) is 2.64. The van der Waals surface area contributed by atoms with Gasteiger partial charge in [0.15, 0.2) is 6.04 Å². The molecule has 4 nitrogen and oxygen atoms in total. The molecular weight excluding hydrogens is 278 g/mol. The van der Waals surface area contributed by atoms with Crippen LogP contribution in [0.25, 0.3) is 0 Å². The molecule has 0 bridgehead atoms. The van der Waals surface area contributed by atoms with Crippen LogP contribution in [0.2, 0.25) is 0 Å². The van der Waals surface area contributed by atoms with E-state index in [4.69, 9.17) is 9.47 Å². The Labute approximate surface area is 130 Å². The molecular formula is C18H19NO3. The molecule has 1 aliphatic heterocycles. The summed E-state index contributed by atoms with van der Waals surface area (Å²) in [6.45, 7) is 2.23. The summed E-state index contributed by atoms with van der Waals surface area (Å²) in [5, 5.41) is 0. The van der Waals surface area contributed by atoms with Crippen molar-refractivity contribution < 1.29 is 14.3 Å². The van der Waals surface area contributed by atoms with Crippen molar-refractivity contribution in [3.05, 3.63) is 60.2 Å². The minimum atomic E-state index is -0.254. The molecule has 114 valence electrons. The average molecular weight is 297 g/mol. The van der Waals surface area contributed by atoms with Gasteiger partial charge in [-0.05, 0) is 36.8 Å². The van der Waals surface area contributed by atoms with E-state index >= 15 is 0 Å². The van der Waals surface area contributed by atoms with Gasteiger partial charge in [0.05, 0.1) is 19.8 Å². The summed E-state index contributed by atoms with van der Waals surface area (Å²) in [7, 11) is 1.64. The Morgan fingerprint density at radius 3 is 2.36 bits per heavy atom. The summed E-state index contributed by atoms with van der Waals surface area (Å²) in [6, 6.07) is 17.6. The highest BCUT2D eigenvalue weighted by molar-refractivity contribution is 5.89. The van der Waals surface area contributed by atoms with Crippen LogP contribution in [0.5, 0.6) is 5.75 Å². The molecule has 1 fully saturated rings. The zero-order chi connectivity index (χ0) is 15.5. The summed E-state index contributed by atoms with van der Waals surface area (Å²) >= 11 is 0. The molecule has 1 heterocycles. The lowest BCUT2D eigenvalue weighted by Crippen LogP contribution is -2.15. The minimum absolute atomic E-state index is 0.0358. The van der Waals surface area contributed by atoms with Crippen LogP contribution in [0.3, 0.4) is 0 Å². The SMILES string of the molecule is CCOC(=O)C1C(c2ccccc2)N1c1ccc(OC)cc1. The van der Waals surface area contributed by atoms with Crippen molar-refractivity contribution in [2.75, 3.05) is 18.6 Å². The first-order chi connectivity index (χ1) is 10.8. The first-order valence-electron chi connectivity index (χ1n) is 7.40. The van der Waals surface area contributed by atoms with Crippen molar-refractivity contribution in [1.82, 2.24) is 0 Å². The lowest BCUT2D eigenvalue weighted by Gasteiger charge is -2.07. The van der Waals surface area contributed by atoms with Crippen molar-refractivity contribution in [2.24, 2.45) is 0 Å². The fourth-order valence-corrected chi connectivity index (χ4v) is 2.77. The Kier molecular flexibility index (Phi) is 4.00. The Hall–Kier alpha value is -2.49. The van der Waals surface area contributed by atoms with E-state index in [9.17, 15) is 4.79 Å². The Morgan fingerprint density at radius 1 is 1.09 bits per heavy atom. The van der Waals surface area contributed by atoms with Crippen LogP contribution in [0.4, 0.5) is 5.69 Å². The average Bonchev–Trinajstić information content (AvgIpc) is 3.32. The Balaban J connectivity index is 1.88. The number of hydrogen-bond donors (Lipinski definition) is 0. The zero-order valence-electron chi connectivity index (χ0n) is 12.7. The van der Waals surface area contributed by atoms with E-state index in [0.29, 0.717) is 6.61 Å². The van der Waals surface area contributed by atoms with Crippen LogP contribution in [0.15, 0.2) is 54.6 Å². The van der Waals surface area contributed by atoms with Gasteiger partial charge in [0.1, 0.15) is 5.75 Å². The third-order valence-corrected chi connectivity index (χ3v) is 3.85. The monoisotopic (exact) mass is 297 g/mol. The standard InChI is InChI=1S/C18H19NO3/c1-3-22-18(20)17-16(13-7-5-4-6-8-13)19(17)14-9-11-15(21-2)12-10-14/h4-12,16-17H,3H2,1-2H3. The lowest BCUT2D eigenvalue weighted by atomic mass is 10.1. The van der Waals surface area contributed by atoms with Gasteiger partial charge in [-0.1, -0.05) is 30.3 Å². The highest BCUT2D eigenvalue weighted by Crippen LogP contribution is 2.47. The maximum atomic E-state index is 12.2. The van der Waals surface area contributed by atoms with Crippen molar-refractivity contribution >= 4 is 11.7 Å². The predicted molar refractivity (Wildman–Crippen MR) is 85.1 cm³/mol. The second-order valence-corrected chi connectivity index (χ2v) is 5.16. The van der Waals surface area contributed by atoms with Gasteiger partial charge in [0, 0.05) is 5.69 Å². The van der Waals surface area contributed by atoms with Crippen molar-refractivity contribution in [3.63, 3.8) is 0 Å². The predicted octanol–water partition coefficient (Wildman–Crippen LogP) is 3.19. The highest BCUT2D eigenvalue weighted by Gasteiger charge is 2.54. The number of carbonyl (C=O) groups is 1. The molecule has 0 spiro atoms. The number of esters is 1. The van der Waals surface area contributed by atoms with Gasteiger partial charge in [0.25, 0.3) is 0 Å². The fraction of sp³-hybridized carbons (Fsp3) is 0.278. The summed E-state index contributed by atoms with van der Waals surface area (Å²) < 4.78 is 10.4. The van der Waals surface area contributed by atoms with Gasteiger partial charge in [-0.3, -0.25) is 0 Å². The van der Waals surface area contributed by atoms with Crippen LogP contribution in [0, 0.1) is 0 Å². The van der Waals surface area contributed by atoms with Crippen LogP contribution in [-0.2, 0) is 9.53 Å². The van der Waals surface area contributed by atoms with Gasteiger partial charge in [-0.2, -0.15) is 0 Å². The van der Waals surface area contributed by atoms with Crippen molar-refractivity contribution in [3.8, 4) is 5.75 Å². The molecule has 2 unspecified atom stereocenters. The number of benzene rings is 2. The van der Waals surface area contributed by atoms with Crippen LogP contribution >= 0.6 is 0 Å². The molecule has 22 heavy (non-hydrogen) atoms. The van der Waals surface area contributed by atoms with Gasteiger partial charge in [-0.15, -0.1) is 0 Å². The smallest absolute Gasteiger partial charge is 0.331 e. The number of carbonyl (C=O) groups excluding carboxylic acids is 1. The number of hydrogen-bond acceptors (Lipinski definition) is 4. The fourth-order valence-electron chi connectivity index (χ4n) is 2.77.